The molecular weight excluding hydrogens is 168 g/mol. The van der Waals surface area contributed by atoms with Crippen molar-refractivity contribution >= 4 is 11.3 Å². The highest BCUT2D eigenvalue weighted by molar-refractivity contribution is 7.10. The summed E-state index contributed by atoms with van der Waals surface area (Å²) in [6.45, 7) is 2.14. The number of hydrogen-bond donors (Lipinski definition) is 1. The molecule has 0 saturated heterocycles. The van der Waals surface area contributed by atoms with Crippen molar-refractivity contribution in [2.24, 2.45) is 5.73 Å². The van der Waals surface area contributed by atoms with Gasteiger partial charge in [-0.3, -0.25) is 0 Å². The van der Waals surface area contributed by atoms with Gasteiger partial charge in [0.25, 0.3) is 0 Å². The van der Waals surface area contributed by atoms with E-state index >= 15 is 0 Å². The van der Waals surface area contributed by atoms with Gasteiger partial charge < -0.3 is 5.73 Å². The molecule has 0 amide bonds. The third-order valence-corrected chi connectivity index (χ3v) is 2.72. The lowest BCUT2D eigenvalue weighted by molar-refractivity contribution is 0.914. The summed E-state index contributed by atoms with van der Waals surface area (Å²) < 4.78 is 0. The number of aryl methyl sites for hydroxylation is 1. The number of nitrogens with two attached hydrogens (primary N) is 1. The zero-order chi connectivity index (χ0) is 8.97. The summed E-state index contributed by atoms with van der Waals surface area (Å²) in [4.78, 5) is 0.973. The maximum atomic E-state index is 8.56. The van der Waals surface area contributed by atoms with E-state index in [1.54, 1.807) is 11.3 Å². The van der Waals surface area contributed by atoms with Crippen LogP contribution in [0.25, 0.3) is 0 Å². The molecule has 0 aromatic carbocycles. The molecule has 0 fully saturated rings. The molecule has 1 rings (SSSR count). The second kappa shape index (κ2) is 4.24. The van der Waals surface area contributed by atoms with Gasteiger partial charge in [0.15, 0.2) is 0 Å². The number of rotatable bonds is 3. The van der Waals surface area contributed by atoms with Gasteiger partial charge in [-0.1, -0.05) is 13.3 Å². The van der Waals surface area contributed by atoms with Gasteiger partial charge in [-0.05, 0) is 23.4 Å². The fraction of sp³-hybridized carbons (Fsp3) is 0.444. The molecule has 0 aliphatic rings. The van der Waals surface area contributed by atoms with Crippen LogP contribution in [0.2, 0.25) is 0 Å². The SMILES string of the molecule is CCCc1csc(C(N)C#N)c1. The molecule has 0 saturated carbocycles. The van der Waals surface area contributed by atoms with E-state index in [-0.39, 0.29) is 0 Å². The van der Waals surface area contributed by atoms with E-state index < -0.39 is 6.04 Å². The summed E-state index contributed by atoms with van der Waals surface area (Å²) >= 11 is 1.57. The number of hydrogen-bond acceptors (Lipinski definition) is 3. The maximum Gasteiger partial charge on any atom is 0.128 e. The van der Waals surface area contributed by atoms with Crippen molar-refractivity contribution < 1.29 is 0 Å². The van der Waals surface area contributed by atoms with E-state index in [9.17, 15) is 0 Å². The Morgan fingerprint density at radius 3 is 3.08 bits per heavy atom. The van der Waals surface area contributed by atoms with Gasteiger partial charge in [0.1, 0.15) is 6.04 Å². The summed E-state index contributed by atoms with van der Waals surface area (Å²) in [6, 6.07) is 3.61. The largest absolute Gasteiger partial charge is 0.312 e. The van der Waals surface area contributed by atoms with Crippen LogP contribution in [0.15, 0.2) is 11.4 Å². The molecule has 0 spiro atoms. The predicted octanol–water partition coefficient (Wildman–Crippen LogP) is 2.22. The third-order valence-electron chi connectivity index (χ3n) is 1.66. The van der Waals surface area contributed by atoms with E-state index in [0.29, 0.717) is 0 Å². The fourth-order valence-corrected chi connectivity index (χ4v) is 1.93. The van der Waals surface area contributed by atoms with Gasteiger partial charge in [-0.25, -0.2) is 0 Å². The van der Waals surface area contributed by atoms with Gasteiger partial charge in [-0.2, -0.15) is 5.26 Å². The Balaban J connectivity index is 2.71. The first kappa shape index (κ1) is 9.24. The van der Waals surface area contributed by atoms with Crippen molar-refractivity contribution in [3.8, 4) is 6.07 Å². The van der Waals surface area contributed by atoms with E-state index in [1.165, 1.54) is 5.56 Å². The minimum atomic E-state index is -0.444. The van der Waals surface area contributed by atoms with Crippen LogP contribution in [-0.4, -0.2) is 0 Å². The van der Waals surface area contributed by atoms with E-state index in [1.807, 2.05) is 12.1 Å². The molecule has 0 aliphatic carbocycles. The maximum absolute atomic E-state index is 8.56. The lowest BCUT2D eigenvalue weighted by Gasteiger charge is -1.94. The fourth-order valence-electron chi connectivity index (χ4n) is 1.04. The average molecular weight is 180 g/mol. The van der Waals surface area contributed by atoms with E-state index in [2.05, 4.69) is 12.3 Å². The molecule has 64 valence electrons. The molecule has 1 atom stereocenters. The van der Waals surface area contributed by atoms with Gasteiger partial charge in [0.05, 0.1) is 6.07 Å². The Morgan fingerprint density at radius 2 is 2.50 bits per heavy atom. The van der Waals surface area contributed by atoms with Crippen LogP contribution in [0.3, 0.4) is 0 Å². The van der Waals surface area contributed by atoms with Crippen molar-refractivity contribution in [1.29, 1.82) is 5.26 Å². The van der Waals surface area contributed by atoms with Gasteiger partial charge >= 0.3 is 0 Å². The van der Waals surface area contributed by atoms with Crippen LogP contribution in [0, 0.1) is 11.3 Å². The van der Waals surface area contributed by atoms with Crippen molar-refractivity contribution in [3.63, 3.8) is 0 Å². The van der Waals surface area contributed by atoms with E-state index in [0.717, 1.165) is 17.7 Å². The predicted molar refractivity (Wildman–Crippen MR) is 50.9 cm³/mol. The highest BCUT2D eigenvalue weighted by Gasteiger charge is 2.06. The molecule has 0 bridgehead atoms. The van der Waals surface area contributed by atoms with Crippen molar-refractivity contribution in [3.05, 3.63) is 21.9 Å². The second-order valence-corrected chi connectivity index (χ2v) is 3.66. The minimum Gasteiger partial charge on any atom is -0.312 e. The Kier molecular flexibility index (Phi) is 3.27. The molecule has 2 N–H and O–H groups in total. The Morgan fingerprint density at radius 1 is 1.75 bits per heavy atom. The van der Waals surface area contributed by atoms with Gasteiger partial charge in [-0.15, -0.1) is 11.3 Å². The Hall–Kier alpha value is -0.850. The standard InChI is InChI=1S/C9H12N2S/c1-2-3-7-4-9(12-6-7)8(11)5-10/h4,6,8H,2-3,11H2,1H3. The number of thiophene rings is 1. The number of nitrogens with zero attached hydrogens (tertiary/aromatic N) is 1. The molecule has 0 radical (unpaired) electrons. The Bertz CT molecular complexity index is 285. The summed E-state index contributed by atoms with van der Waals surface area (Å²) in [6.07, 6.45) is 2.21. The summed E-state index contributed by atoms with van der Waals surface area (Å²) in [5.41, 5.74) is 6.85. The van der Waals surface area contributed by atoms with Gasteiger partial charge in [0.2, 0.25) is 0 Å². The van der Waals surface area contributed by atoms with Crippen LogP contribution in [-0.2, 0) is 6.42 Å². The smallest absolute Gasteiger partial charge is 0.128 e. The van der Waals surface area contributed by atoms with Crippen molar-refractivity contribution in [1.82, 2.24) is 0 Å². The molecule has 1 heterocycles. The topological polar surface area (TPSA) is 49.8 Å². The first-order valence-electron chi connectivity index (χ1n) is 4.00. The minimum absolute atomic E-state index is 0.444. The van der Waals surface area contributed by atoms with Gasteiger partial charge in [0, 0.05) is 4.88 Å². The van der Waals surface area contributed by atoms with Crippen LogP contribution in [0.5, 0.6) is 0 Å². The zero-order valence-corrected chi connectivity index (χ0v) is 7.90. The first-order valence-corrected chi connectivity index (χ1v) is 4.88. The van der Waals surface area contributed by atoms with Crippen LogP contribution in [0.1, 0.15) is 29.8 Å². The van der Waals surface area contributed by atoms with E-state index in [4.69, 9.17) is 11.0 Å². The van der Waals surface area contributed by atoms with Crippen molar-refractivity contribution in [2.45, 2.75) is 25.8 Å². The molecule has 1 aromatic heterocycles. The van der Waals surface area contributed by atoms with Crippen LogP contribution in [0.4, 0.5) is 0 Å². The molecule has 12 heavy (non-hydrogen) atoms. The zero-order valence-electron chi connectivity index (χ0n) is 7.08. The van der Waals surface area contributed by atoms with Crippen molar-refractivity contribution in [2.75, 3.05) is 0 Å². The average Bonchev–Trinajstić information content (AvgIpc) is 2.52. The Labute approximate surface area is 76.6 Å². The lowest BCUT2D eigenvalue weighted by atomic mass is 10.2. The molecule has 2 nitrogen and oxygen atoms in total. The van der Waals surface area contributed by atoms with Crippen LogP contribution >= 0.6 is 11.3 Å². The quantitative estimate of drug-likeness (QED) is 0.775. The molecule has 1 aromatic rings. The lowest BCUT2D eigenvalue weighted by Crippen LogP contribution is -2.04. The first-order chi connectivity index (χ1) is 5.77. The second-order valence-electron chi connectivity index (χ2n) is 2.71. The summed E-state index contributed by atoms with van der Waals surface area (Å²) in [5.74, 6) is 0. The molecule has 1 unspecified atom stereocenters. The highest BCUT2D eigenvalue weighted by atomic mass is 32.1. The molecule has 0 aliphatic heterocycles. The monoisotopic (exact) mass is 180 g/mol. The van der Waals surface area contributed by atoms with Crippen LogP contribution < -0.4 is 5.73 Å². The third kappa shape index (κ3) is 2.07. The molecule has 3 heteroatoms. The normalized spacial score (nSPS) is 12.4. The number of nitriles is 1. The summed E-state index contributed by atoms with van der Waals surface area (Å²) in [7, 11) is 0. The highest BCUT2D eigenvalue weighted by Crippen LogP contribution is 2.20. The molecular formula is C9H12N2S. The summed E-state index contributed by atoms with van der Waals surface area (Å²) in [5, 5.41) is 10.6.